The molecule has 3 aromatic heterocycles. The molecule has 5 heterocycles. The van der Waals surface area contributed by atoms with E-state index in [0.29, 0.717) is 24.7 Å². The van der Waals surface area contributed by atoms with Gasteiger partial charge in [-0.2, -0.15) is 0 Å². The number of pyridine rings is 1. The Hall–Kier alpha value is -3.97. The van der Waals surface area contributed by atoms with Crippen molar-refractivity contribution in [1.82, 2.24) is 24.3 Å². The molecule has 2 bridgehead atoms. The Labute approximate surface area is 216 Å². The second-order valence-corrected chi connectivity index (χ2v) is 10.5. The lowest BCUT2D eigenvalue weighted by molar-refractivity contribution is 0.190. The van der Waals surface area contributed by atoms with Crippen molar-refractivity contribution in [3.63, 3.8) is 0 Å². The molecular weight excluding hydrogens is 458 g/mol. The van der Waals surface area contributed by atoms with Gasteiger partial charge in [0.1, 0.15) is 11.5 Å². The Morgan fingerprint density at radius 1 is 0.946 bits per heavy atom. The van der Waals surface area contributed by atoms with E-state index in [2.05, 4.69) is 97.9 Å². The van der Waals surface area contributed by atoms with Crippen LogP contribution in [0.1, 0.15) is 25.8 Å². The molecule has 2 aliphatic heterocycles. The van der Waals surface area contributed by atoms with Crippen LogP contribution in [0.3, 0.4) is 0 Å². The predicted octanol–water partition coefficient (Wildman–Crippen LogP) is 5.23. The van der Waals surface area contributed by atoms with Gasteiger partial charge in [0.25, 0.3) is 0 Å². The van der Waals surface area contributed by atoms with Crippen molar-refractivity contribution in [2.45, 2.75) is 44.9 Å². The molecule has 37 heavy (non-hydrogen) atoms. The fourth-order valence-corrected chi connectivity index (χ4v) is 6.15. The van der Waals surface area contributed by atoms with E-state index < -0.39 is 0 Å². The SMILES string of the molecule is CC(C)N1CC2CC1CN2c1nc(-c2ccnc(NCc3cccc4ccccc34)c2)cc2nccn12. The highest BCUT2D eigenvalue weighted by Crippen LogP contribution is 2.36. The minimum atomic E-state index is 0.496. The zero-order chi connectivity index (χ0) is 24.9. The lowest BCUT2D eigenvalue weighted by atomic mass is 10.0. The van der Waals surface area contributed by atoms with Crippen LogP contribution >= 0.6 is 0 Å². The highest BCUT2D eigenvalue weighted by molar-refractivity contribution is 5.85. The molecule has 7 nitrogen and oxygen atoms in total. The number of nitrogens with one attached hydrogen (secondary N) is 1. The number of likely N-dealkylation sites (tertiary alicyclic amines) is 1. The van der Waals surface area contributed by atoms with Crippen LogP contribution < -0.4 is 10.2 Å². The quantitative estimate of drug-likeness (QED) is 0.353. The van der Waals surface area contributed by atoms with Gasteiger partial charge < -0.3 is 10.2 Å². The summed E-state index contributed by atoms with van der Waals surface area (Å²) < 4.78 is 2.13. The van der Waals surface area contributed by atoms with E-state index in [1.165, 1.54) is 22.8 Å². The summed E-state index contributed by atoms with van der Waals surface area (Å²) in [6, 6.07) is 22.8. The number of nitrogens with zero attached hydrogens (tertiary/aromatic N) is 6. The van der Waals surface area contributed by atoms with Crippen LogP contribution in [-0.2, 0) is 6.54 Å². The number of benzene rings is 2. The summed E-state index contributed by atoms with van der Waals surface area (Å²) in [4.78, 5) is 19.5. The molecule has 2 atom stereocenters. The highest BCUT2D eigenvalue weighted by Gasteiger charge is 2.45. The van der Waals surface area contributed by atoms with Crippen molar-refractivity contribution < 1.29 is 0 Å². The van der Waals surface area contributed by atoms with E-state index >= 15 is 0 Å². The van der Waals surface area contributed by atoms with Crippen molar-refractivity contribution >= 4 is 28.2 Å². The molecule has 2 saturated heterocycles. The number of rotatable bonds is 6. The first-order valence-corrected chi connectivity index (χ1v) is 13.2. The van der Waals surface area contributed by atoms with E-state index in [1.54, 1.807) is 0 Å². The molecule has 0 saturated carbocycles. The van der Waals surface area contributed by atoms with Crippen LogP contribution in [0, 0.1) is 0 Å². The van der Waals surface area contributed by atoms with E-state index in [0.717, 1.165) is 41.8 Å². The van der Waals surface area contributed by atoms with E-state index in [9.17, 15) is 0 Å². The smallest absolute Gasteiger partial charge is 0.212 e. The predicted molar refractivity (Wildman–Crippen MR) is 149 cm³/mol. The number of piperazine rings is 1. The molecule has 0 amide bonds. The average molecular weight is 490 g/mol. The molecule has 2 unspecified atom stereocenters. The number of aromatic nitrogens is 4. The third-order valence-electron chi connectivity index (χ3n) is 7.97. The Morgan fingerprint density at radius 2 is 1.84 bits per heavy atom. The lowest BCUT2D eigenvalue weighted by Gasteiger charge is -2.37. The van der Waals surface area contributed by atoms with Crippen molar-refractivity contribution in [3.05, 3.63) is 84.8 Å². The summed E-state index contributed by atoms with van der Waals surface area (Å²) in [5.41, 5.74) is 4.14. The number of fused-ring (bicyclic) bond motifs is 4. The van der Waals surface area contributed by atoms with Gasteiger partial charge in [-0.1, -0.05) is 42.5 Å². The van der Waals surface area contributed by atoms with Crippen LogP contribution in [-0.4, -0.2) is 55.5 Å². The van der Waals surface area contributed by atoms with Crippen LogP contribution in [0.2, 0.25) is 0 Å². The summed E-state index contributed by atoms with van der Waals surface area (Å²) in [5.74, 6) is 1.83. The second-order valence-electron chi connectivity index (χ2n) is 10.5. The van der Waals surface area contributed by atoms with Gasteiger partial charge in [0.2, 0.25) is 5.95 Å². The minimum Gasteiger partial charge on any atom is -0.366 e. The van der Waals surface area contributed by atoms with E-state index in [-0.39, 0.29) is 0 Å². The van der Waals surface area contributed by atoms with Gasteiger partial charge in [-0.05, 0) is 48.7 Å². The van der Waals surface area contributed by atoms with Crippen LogP contribution in [0.15, 0.2) is 79.3 Å². The molecule has 0 radical (unpaired) electrons. The van der Waals surface area contributed by atoms with Gasteiger partial charge in [-0.25, -0.2) is 15.0 Å². The molecule has 7 rings (SSSR count). The maximum atomic E-state index is 5.19. The van der Waals surface area contributed by atoms with Gasteiger partial charge >= 0.3 is 0 Å². The van der Waals surface area contributed by atoms with Gasteiger partial charge in [0.15, 0.2) is 0 Å². The van der Waals surface area contributed by atoms with Gasteiger partial charge in [-0.3, -0.25) is 9.30 Å². The van der Waals surface area contributed by atoms with Gasteiger partial charge in [-0.15, -0.1) is 0 Å². The second kappa shape index (κ2) is 8.85. The molecule has 186 valence electrons. The number of imidazole rings is 1. The minimum absolute atomic E-state index is 0.496. The zero-order valence-electron chi connectivity index (χ0n) is 21.2. The molecule has 2 fully saturated rings. The Kier molecular flexibility index (Phi) is 5.32. The Bertz CT molecular complexity index is 1580. The van der Waals surface area contributed by atoms with Crippen molar-refractivity contribution in [3.8, 4) is 11.3 Å². The third kappa shape index (κ3) is 3.90. The first kappa shape index (κ1) is 22.2. The lowest BCUT2D eigenvalue weighted by Crippen LogP contribution is -2.49. The Balaban J connectivity index is 1.18. The van der Waals surface area contributed by atoms with Gasteiger partial charge in [0, 0.05) is 68.0 Å². The largest absolute Gasteiger partial charge is 0.366 e. The van der Waals surface area contributed by atoms with Crippen LogP contribution in [0.4, 0.5) is 11.8 Å². The summed E-state index contributed by atoms with van der Waals surface area (Å²) >= 11 is 0. The summed E-state index contributed by atoms with van der Waals surface area (Å²) in [5, 5.41) is 6.04. The van der Waals surface area contributed by atoms with E-state index in [1.807, 2.05) is 24.7 Å². The highest BCUT2D eigenvalue weighted by atomic mass is 15.4. The van der Waals surface area contributed by atoms with Gasteiger partial charge in [0.05, 0.1) is 5.69 Å². The average Bonchev–Trinajstić information content (AvgIpc) is 3.67. The molecule has 1 N–H and O–H groups in total. The number of anilines is 2. The molecule has 0 spiro atoms. The summed E-state index contributed by atoms with van der Waals surface area (Å²) in [6.07, 6.45) is 6.95. The molecule has 5 aromatic rings. The third-order valence-corrected chi connectivity index (χ3v) is 7.97. The van der Waals surface area contributed by atoms with E-state index in [4.69, 9.17) is 4.98 Å². The summed E-state index contributed by atoms with van der Waals surface area (Å²) in [6.45, 7) is 7.42. The fraction of sp³-hybridized carbons (Fsp3) is 0.300. The Morgan fingerprint density at radius 3 is 2.70 bits per heavy atom. The molecule has 2 aromatic carbocycles. The monoisotopic (exact) mass is 489 g/mol. The maximum absolute atomic E-state index is 5.19. The summed E-state index contributed by atoms with van der Waals surface area (Å²) in [7, 11) is 0. The van der Waals surface area contributed by atoms with Crippen LogP contribution in [0.25, 0.3) is 27.7 Å². The number of hydrogen-bond donors (Lipinski definition) is 1. The standard InChI is InChI=1S/C30H31N7/c1-20(2)36-18-25-15-24(36)19-37(25)30-34-27(16-29-32-12-13-35(29)30)22-10-11-31-28(14-22)33-17-23-8-5-7-21-6-3-4-9-26(21)23/h3-14,16,20,24-25H,15,17-19H2,1-2H3,(H,31,33). The zero-order valence-corrected chi connectivity index (χ0v) is 21.2. The normalized spacial score (nSPS) is 19.5. The van der Waals surface area contributed by atoms with Crippen LogP contribution in [0.5, 0.6) is 0 Å². The van der Waals surface area contributed by atoms with Crippen molar-refractivity contribution in [2.24, 2.45) is 0 Å². The van der Waals surface area contributed by atoms with Crippen molar-refractivity contribution in [2.75, 3.05) is 23.3 Å². The van der Waals surface area contributed by atoms with Crippen molar-refractivity contribution in [1.29, 1.82) is 0 Å². The topological polar surface area (TPSA) is 61.6 Å². The number of hydrogen-bond acceptors (Lipinski definition) is 6. The first-order valence-electron chi connectivity index (χ1n) is 13.2. The molecular formula is C30H31N7. The first-order chi connectivity index (χ1) is 18.1. The fourth-order valence-electron chi connectivity index (χ4n) is 6.15. The molecule has 0 aliphatic carbocycles. The molecule has 2 aliphatic rings. The molecule has 7 heteroatoms. The maximum Gasteiger partial charge on any atom is 0.212 e.